The second-order valence-corrected chi connectivity index (χ2v) is 7.00. The summed E-state index contributed by atoms with van der Waals surface area (Å²) >= 11 is 3.53. The molecule has 6 nitrogen and oxygen atoms in total. The molecule has 154 valence electrons. The predicted molar refractivity (Wildman–Crippen MR) is 110 cm³/mol. The van der Waals surface area contributed by atoms with E-state index in [0.717, 1.165) is 12.0 Å². The maximum absolute atomic E-state index is 11.8. The van der Waals surface area contributed by atoms with Gasteiger partial charge in [-0.1, -0.05) is 29.8 Å². The lowest BCUT2D eigenvalue weighted by atomic mass is 10.2. The molecule has 0 saturated carbocycles. The van der Waals surface area contributed by atoms with Crippen LogP contribution in [-0.2, 0) is 20.9 Å². The predicted octanol–water partition coefficient (Wildman–Crippen LogP) is 3.59. The first kappa shape index (κ1) is 25.3. The van der Waals surface area contributed by atoms with Gasteiger partial charge in [-0.05, 0) is 52.4 Å². The number of aryl methyl sites for hydroxylation is 1. The molecule has 1 aliphatic heterocycles. The molecule has 2 rings (SSSR count). The molecule has 7 heteroatoms. The second-order valence-electron chi connectivity index (χ2n) is 7.00. The molecule has 27 heavy (non-hydrogen) atoms. The number of amides is 1. The minimum Gasteiger partial charge on any atom is -0.467 e. The molecular weight excluding hydrogens is 366 g/mol. The molecule has 0 aromatic heterocycles. The Hall–Kier alpha value is -1.73. The van der Waals surface area contributed by atoms with Crippen molar-refractivity contribution in [3.63, 3.8) is 0 Å². The number of hydrogen-bond acceptors (Lipinski definition) is 6. The number of ether oxygens (including phenoxy) is 2. The average Bonchev–Trinajstić information content (AvgIpc) is 3.12. The molecule has 1 aromatic carbocycles. The van der Waals surface area contributed by atoms with Gasteiger partial charge in [-0.3, -0.25) is 4.90 Å². The number of likely N-dealkylation sites (tertiary alicyclic amines) is 1. The smallest absolute Gasteiger partial charge is 0.411 e. The van der Waals surface area contributed by atoms with Crippen LogP contribution in [0, 0.1) is 6.92 Å². The molecule has 1 amide bonds. The molecule has 1 N–H and O–H groups in total. The highest BCUT2D eigenvalue weighted by atomic mass is 32.1. The van der Waals surface area contributed by atoms with Gasteiger partial charge in [-0.25, -0.2) is 9.59 Å². The van der Waals surface area contributed by atoms with Crippen molar-refractivity contribution < 1.29 is 24.2 Å². The maximum Gasteiger partial charge on any atom is 0.411 e. The van der Waals surface area contributed by atoms with Gasteiger partial charge < -0.3 is 14.6 Å². The Kier molecular flexibility index (Phi) is 11.8. The van der Waals surface area contributed by atoms with Crippen LogP contribution >= 0.6 is 12.6 Å². The Bertz CT molecular complexity index is 569. The zero-order chi connectivity index (χ0) is 21.0. The van der Waals surface area contributed by atoms with Crippen molar-refractivity contribution in [1.82, 2.24) is 4.90 Å². The maximum atomic E-state index is 11.8. The molecule has 0 spiro atoms. The van der Waals surface area contributed by atoms with Crippen molar-refractivity contribution in [3.8, 4) is 0 Å². The third-order valence-electron chi connectivity index (χ3n) is 3.66. The van der Waals surface area contributed by atoms with Gasteiger partial charge in [0.15, 0.2) is 0 Å². The lowest BCUT2D eigenvalue weighted by molar-refractivity contribution is -0.145. The number of carbonyl (C=O) groups excluding carboxylic acids is 2. The number of esters is 1. The van der Waals surface area contributed by atoms with Gasteiger partial charge in [-0.15, -0.1) is 0 Å². The fourth-order valence-corrected chi connectivity index (χ4v) is 2.38. The van der Waals surface area contributed by atoms with Crippen molar-refractivity contribution >= 4 is 24.7 Å². The first-order chi connectivity index (χ1) is 12.7. The molecular formula is C20H33NO5S. The zero-order valence-corrected chi connectivity index (χ0v) is 18.1. The number of thiol groups is 1. The molecule has 0 bridgehead atoms. The van der Waals surface area contributed by atoms with Crippen LogP contribution in [0.3, 0.4) is 0 Å². The summed E-state index contributed by atoms with van der Waals surface area (Å²) < 4.78 is 9.88. The number of hydrogen-bond donors (Lipinski definition) is 2. The average molecular weight is 400 g/mol. The number of aliphatic hydroxyl groups excluding tert-OH is 1. The summed E-state index contributed by atoms with van der Waals surface area (Å²) in [6, 6.07) is 7.35. The lowest BCUT2D eigenvalue weighted by Gasteiger charge is -2.27. The number of aliphatic hydroxyl groups is 1. The SMILES string of the molecule is COC(=O)C1CCCN1C(=O)OC(C)(C)C.CS.Cc1ccc(CO)cc1. The van der Waals surface area contributed by atoms with Crippen LogP contribution in [0.15, 0.2) is 24.3 Å². The normalized spacial score (nSPS) is 15.7. The standard InChI is InChI=1S/C11H19NO4.C8H10O.CH4S/c1-11(2,3)16-10(14)12-7-5-6-8(12)9(13)15-4;1-7-2-4-8(6-9)5-3-7;1-2/h8H,5-7H2,1-4H3;2-5,9H,6H2,1H3;2H,1H3. The van der Waals surface area contributed by atoms with Crippen LogP contribution in [0.2, 0.25) is 0 Å². The van der Waals surface area contributed by atoms with Crippen LogP contribution in [0.25, 0.3) is 0 Å². The monoisotopic (exact) mass is 399 g/mol. The summed E-state index contributed by atoms with van der Waals surface area (Å²) in [5, 5.41) is 8.63. The summed E-state index contributed by atoms with van der Waals surface area (Å²) in [5.41, 5.74) is 1.66. The van der Waals surface area contributed by atoms with E-state index in [2.05, 4.69) is 17.4 Å². The Morgan fingerprint density at radius 1 is 1.22 bits per heavy atom. The largest absolute Gasteiger partial charge is 0.467 e. The molecule has 1 atom stereocenters. The Morgan fingerprint density at radius 3 is 2.22 bits per heavy atom. The van der Waals surface area contributed by atoms with E-state index in [1.54, 1.807) is 27.0 Å². The van der Waals surface area contributed by atoms with E-state index >= 15 is 0 Å². The van der Waals surface area contributed by atoms with Crippen LogP contribution in [0.1, 0.15) is 44.7 Å². The summed E-state index contributed by atoms with van der Waals surface area (Å²) in [7, 11) is 1.33. The van der Waals surface area contributed by atoms with E-state index in [9.17, 15) is 9.59 Å². The molecule has 0 radical (unpaired) electrons. The van der Waals surface area contributed by atoms with Crippen LogP contribution in [0.5, 0.6) is 0 Å². The quantitative estimate of drug-likeness (QED) is 0.587. The van der Waals surface area contributed by atoms with Crippen molar-refractivity contribution in [2.24, 2.45) is 0 Å². The summed E-state index contributed by atoms with van der Waals surface area (Å²) in [6.07, 6.45) is 2.70. The first-order valence-electron chi connectivity index (χ1n) is 8.86. The van der Waals surface area contributed by atoms with Gasteiger partial charge in [0.05, 0.1) is 13.7 Å². The van der Waals surface area contributed by atoms with Crippen LogP contribution in [-0.4, -0.2) is 53.6 Å². The molecule has 1 unspecified atom stereocenters. The molecule has 1 heterocycles. The Morgan fingerprint density at radius 2 is 1.78 bits per heavy atom. The minimum absolute atomic E-state index is 0.139. The summed E-state index contributed by atoms with van der Waals surface area (Å²) in [6.45, 7) is 8.12. The van der Waals surface area contributed by atoms with Gasteiger partial charge >= 0.3 is 12.1 Å². The topological polar surface area (TPSA) is 76.1 Å². The Balaban J connectivity index is 0.000000519. The van der Waals surface area contributed by atoms with Crippen molar-refractivity contribution in [3.05, 3.63) is 35.4 Å². The van der Waals surface area contributed by atoms with Crippen molar-refractivity contribution in [2.75, 3.05) is 19.9 Å². The van der Waals surface area contributed by atoms with E-state index in [-0.39, 0.29) is 12.6 Å². The van der Waals surface area contributed by atoms with Gasteiger partial charge in [0.25, 0.3) is 0 Å². The van der Waals surface area contributed by atoms with E-state index in [4.69, 9.17) is 9.84 Å². The summed E-state index contributed by atoms with van der Waals surface area (Å²) in [4.78, 5) is 24.7. The van der Waals surface area contributed by atoms with E-state index in [1.165, 1.54) is 17.6 Å². The van der Waals surface area contributed by atoms with Gasteiger partial charge in [0.1, 0.15) is 11.6 Å². The molecule has 1 fully saturated rings. The number of rotatable bonds is 2. The molecule has 1 aliphatic rings. The Labute approximate surface area is 168 Å². The fourth-order valence-electron chi connectivity index (χ4n) is 2.38. The highest BCUT2D eigenvalue weighted by Crippen LogP contribution is 2.21. The number of carbonyl (C=O) groups is 2. The first-order valence-corrected chi connectivity index (χ1v) is 9.76. The van der Waals surface area contributed by atoms with Crippen LogP contribution in [0.4, 0.5) is 4.79 Å². The highest BCUT2D eigenvalue weighted by Gasteiger charge is 2.37. The molecule has 1 saturated heterocycles. The lowest BCUT2D eigenvalue weighted by Crippen LogP contribution is -2.43. The fraction of sp³-hybridized carbons (Fsp3) is 0.600. The zero-order valence-electron chi connectivity index (χ0n) is 17.2. The van der Waals surface area contributed by atoms with Crippen LogP contribution < -0.4 is 0 Å². The molecule has 0 aliphatic carbocycles. The third-order valence-corrected chi connectivity index (χ3v) is 3.66. The minimum atomic E-state index is -0.541. The number of benzene rings is 1. The van der Waals surface area contributed by atoms with Gasteiger partial charge in [0.2, 0.25) is 0 Å². The second kappa shape index (κ2) is 12.6. The van der Waals surface area contributed by atoms with Crippen molar-refractivity contribution in [2.45, 2.75) is 58.8 Å². The van der Waals surface area contributed by atoms with E-state index in [0.29, 0.717) is 13.0 Å². The van der Waals surface area contributed by atoms with Gasteiger partial charge in [0, 0.05) is 6.54 Å². The van der Waals surface area contributed by atoms with Crippen molar-refractivity contribution in [1.29, 1.82) is 0 Å². The number of methoxy groups -OCH3 is 1. The third kappa shape index (κ3) is 9.68. The number of nitrogens with zero attached hydrogens (tertiary/aromatic N) is 1. The van der Waals surface area contributed by atoms with Gasteiger partial charge in [-0.2, -0.15) is 12.6 Å². The van der Waals surface area contributed by atoms with E-state index in [1.807, 2.05) is 31.2 Å². The summed E-state index contributed by atoms with van der Waals surface area (Å²) in [5.74, 6) is -0.372. The van der Waals surface area contributed by atoms with E-state index < -0.39 is 17.7 Å². The highest BCUT2D eigenvalue weighted by molar-refractivity contribution is 7.79. The molecule has 1 aromatic rings.